The zero-order valence-electron chi connectivity index (χ0n) is 18.5. The molecule has 0 heterocycles. The Morgan fingerprint density at radius 3 is 2.74 bits per heavy atom. The number of rotatable bonds is 4. The minimum atomic E-state index is -1.63. The lowest BCUT2D eigenvalue weighted by atomic mass is 9.46. The average molecular weight is 429 g/mol. The number of hydrogen-bond acceptors (Lipinski definition) is 6. The summed E-state index contributed by atoms with van der Waals surface area (Å²) in [4.78, 5) is 36.6. The van der Waals surface area contributed by atoms with Crippen molar-refractivity contribution in [2.45, 2.75) is 64.6 Å². The Kier molecular flexibility index (Phi) is 5.38. The van der Waals surface area contributed by atoms with Gasteiger partial charge in [-0.25, -0.2) is 4.79 Å². The molecule has 0 aromatic carbocycles. The largest absolute Gasteiger partial charge is 0.454 e. The van der Waals surface area contributed by atoms with Crippen LogP contribution in [0.25, 0.3) is 0 Å². The Balaban J connectivity index is 1.61. The van der Waals surface area contributed by atoms with Gasteiger partial charge in [0.1, 0.15) is 5.60 Å². The van der Waals surface area contributed by atoms with Gasteiger partial charge < -0.3 is 14.9 Å². The number of aliphatic hydroxyl groups excluding tert-OH is 1. The van der Waals surface area contributed by atoms with Gasteiger partial charge in [-0.1, -0.05) is 31.6 Å². The highest BCUT2D eigenvalue weighted by Gasteiger charge is 2.68. The van der Waals surface area contributed by atoms with E-state index >= 15 is 0 Å². The molecule has 168 valence electrons. The second-order valence-electron chi connectivity index (χ2n) is 10.1. The third-order valence-electron chi connectivity index (χ3n) is 8.76. The minimum absolute atomic E-state index is 0.00522. The second kappa shape index (κ2) is 7.52. The lowest BCUT2D eigenvalue weighted by Gasteiger charge is -2.59. The van der Waals surface area contributed by atoms with Crippen LogP contribution in [-0.4, -0.2) is 46.1 Å². The number of carbonyl (C=O) groups is 3. The molecule has 0 saturated heterocycles. The van der Waals surface area contributed by atoms with E-state index in [4.69, 9.17) is 4.74 Å². The third-order valence-corrected chi connectivity index (χ3v) is 8.76. The van der Waals surface area contributed by atoms with Gasteiger partial charge in [0.25, 0.3) is 0 Å². The molecule has 0 amide bonds. The molecule has 6 heteroatoms. The van der Waals surface area contributed by atoms with E-state index in [0.717, 1.165) is 18.4 Å². The van der Waals surface area contributed by atoms with Crippen LogP contribution in [0, 0.1) is 28.6 Å². The summed E-state index contributed by atoms with van der Waals surface area (Å²) < 4.78 is 5.03. The molecular formula is C25H32O6. The third kappa shape index (κ3) is 3.18. The fraction of sp³-hybridized carbons (Fsp3) is 0.640. The lowest BCUT2D eigenvalue weighted by molar-refractivity contribution is -0.180. The normalized spacial score (nSPS) is 43.8. The monoisotopic (exact) mass is 428 g/mol. The van der Waals surface area contributed by atoms with Gasteiger partial charge in [0.05, 0.1) is 6.10 Å². The van der Waals surface area contributed by atoms with Crippen molar-refractivity contribution in [3.05, 3.63) is 36.0 Å². The Morgan fingerprint density at radius 2 is 2.03 bits per heavy atom. The summed E-state index contributed by atoms with van der Waals surface area (Å²) >= 11 is 0. The molecule has 2 N–H and O–H groups in total. The van der Waals surface area contributed by atoms with E-state index in [9.17, 15) is 24.6 Å². The molecule has 0 aromatic rings. The first-order chi connectivity index (χ1) is 14.6. The van der Waals surface area contributed by atoms with Crippen LogP contribution in [0.4, 0.5) is 0 Å². The maximum absolute atomic E-state index is 13.0. The number of aliphatic hydroxyl groups is 2. The van der Waals surface area contributed by atoms with Crippen molar-refractivity contribution in [3.63, 3.8) is 0 Å². The number of fused-ring (bicyclic) bond motifs is 5. The topological polar surface area (TPSA) is 101 Å². The summed E-state index contributed by atoms with van der Waals surface area (Å²) in [5, 5.41) is 22.9. The fourth-order valence-electron chi connectivity index (χ4n) is 7.23. The number of allylic oxidation sites excluding steroid dienone is 5. The number of carbonyl (C=O) groups excluding carboxylic acids is 3. The number of Topliss-reactive ketones (excluding diaryl/α,β-unsaturated/α-hetero) is 1. The van der Waals surface area contributed by atoms with Crippen molar-refractivity contribution >= 4 is 17.5 Å². The van der Waals surface area contributed by atoms with Crippen LogP contribution in [-0.2, 0) is 19.1 Å². The van der Waals surface area contributed by atoms with Crippen LogP contribution in [0.5, 0.6) is 0 Å². The molecule has 4 aliphatic rings. The highest BCUT2D eigenvalue weighted by Crippen LogP contribution is 2.67. The molecular weight excluding hydrogens is 396 g/mol. The number of ether oxygens (including phenoxy) is 1. The van der Waals surface area contributed by atoms with Crippen molar-refractivity contribution in [1.82, 2.24) is 0 Å². The summed E-state index contributed by atoms with van der Waals surface area (Å²) in [5.74, 6) is -0.950. The molecule has 4 aliphatic carbocycles. The zero-order chi connectivity index (χ0) is 22.6. The molecule has 0 radical (unpaired) electrons. The maximum Gasteiger partial charge on any atom is 0.330 e. The SMILES string of the molecule is C/C=C/C(=O)OCC(=O)[C@]1(O)CC[C@@H]2[C@H]3CCC4=CC(=O)C=C[C@]4(C)[C@@H]3[C@H](O)C[C@]21C. The van der Waals surface area contributed by atoms with E-state index in [1.807, 2.05) is 13.0 Å². The van der Waals surface area contributed by atoms with Crippen LogP contribution in [0.1, 0.15) is 52.9 Å². The zero-order valence-corrected chi connectivity index (χ0v) is 18.5. The minimum Gasteiger partial charge on any atom is -0.454 e. The molecule has 31 heavy (non-hydrogen) atoms. The standard InChI is InChI=1S/C25H32O6/c1-4-5-21(29)31-14-20(28)25(30)11-9-18-17-7-6-15-12-16(26)8-10-23(15,2)22(17)19(27)13-24(18,25)3/h4-5,8,10,12,17-19,22,27,30H,6-7,9,11,13-14H2,1-3H3/b5-4+/t17-,18-,19-,22+,23+,24-,25-/m1/s1. The van der Waals surface area contributed by atoms with Crippen molar-refractivity contribution < 1.29 is 29.3 Å². The van der Waals surface area contributed by atoms with E-state index in [-0.39, 0.29) is 29.0 Å². The Bertz CT molecular complexity index is 900. The number of ketones is 2. The van der Waals surface area contributed by atoms with E-state index in [2.05, 4.69) is 6.92 Å². The van der Waals surface area contributed by atoms with Gasteiger partial charge >= 0.3 is 5.97 Å². The number of hydrogen-bond donors (Lipinski definition) is 2. The van der Waals surface area contributed by atoms with Crippen molar-refractivity contribution in [1.29, 1.82) is 0 Å². The quantitative estimate of drug-likeness (QED) is 0.527. The van der Waals surface area contributed by atoms with Gasteiger partial charge in [-0.2, -0.15) is 0 Å². The van der Waals surface area contributed by atoms with Crippen molar-refractivity contribution in [2.24, 2.45) is 28.6 Å². The highest BCUT2D eigenvalue weighted by atomic mass is 16.5. The smallest absolute Gasteiger partial charge is 0.330 e. The molecule has 6 nitrogen and oxygen atoms in total. The van der Waals surface area contributed by atoms with Crippen LogP contribution in [0.3, 0.4) is 0 Å². The van der Waals surface area contributed by atoms with Crippen molar-refractivity contribution in [3.8, 4) is 0 Å². The Morgan fingerprint density at radius 1 is 1.29 bits per heavy atom. The highest BCUT2D eigenvalue weighted by molar-refractivity contribution is 6.01. The molecule has 7 atom stereocenters. The molecule has 0 unspecified atom stereocenters. The molecule has 0 bridgehead atoms. The van der Waals surface area contributed by atoms with Gasteiger partial charge in [-0.3, -0.25) is 9.59 Å². The predicted octanol–water partition coefficient (Wildman–Crippen LogP) is 2.68. The van der Waals surface area contributed by atoms with Gasteiger partial charge in [0.2, 0.25) is 5.78 Å². The van der Waals surface area contributed by atoms with Crippen LogP contribution >= 0.6 is 0 Å². The van der Waals surface area contributed by atoms with E-state index in [0.29, 0.717) is 19.3 Å². The molecule has 0 aromatic heterocycles. The summed E-state index contributed by atoms with van der Waals surface area (Å²) in [7, 11) is 0. The first-order valence-electron chi connectivity index (χ1n) is 11.2. The fourth-order valence-corrected chi connectivity index (χ4v) is 7.23. The first kappa shape index (κ1) is 22.2. The molecule has 0 spiro atoms. The molecule has 0 aliphatic heterocycles. The molecule has 3 fully saturated rings. The Hall–Kier alpha value is -2.05. The van der Waals surface area contributed by atoms with Gasteiger partial charge in [0.15, 0.2) is 12.4 Å². The Labute approximate surface area is 183 Å². The number of esters is 1. The lowest BCUT2D eigenvalue weighted by Crippen LogP contribution is -2.61. The van der Waals surface area contributed by atoms with Gasteiger partial charge in [-0.05, 0) is 63.0 Å². The van der Waals surface area contributed by atoms with Crippen LogP contribution in [0.2, 0.25) is 0 Å². The summed E-state index contributed by atoms with van der Waals surface area (Å²) in [6.07, 6.45) is 10.2. The van der Waals surface area contributed by atoms with Crippen LogP contribution < -0.4 is 0 Å². The van der Waals surface area contributed by atoms with E-state index in [1.54, 1.807) is 19.1 Å². The molecule has 4 rings (SSSR count). The predicted molar refractivity (Wildman–Crippen MR) is 114 cm³/mol. The summed E-state index contributed by atoms with van der Waals surface area (Å²) in [6.45, 7) is 5.21. The van der Waals surface area contributed by atoms with E-state index < -0.39 is 35.5 Å². The van der Waals surface area contributed by atoms with Crippen LogP contribution in [0.15, 0.2) is 36.0 Å². The maximum atomic E-state index is 13.0. The summed E-state index contributed by atoms with van der Waals surface area (Å²) in [6, 6.07) is 0. The van der Waals surface area contributed by atoms with Gasteiger partial charge in [0, 0.05) is 22.8 Å². The van der Waals surface area contributed by atoms with Crippen molar-refractivity contribution in [2.75, 3.05) is 6.61 Å². The first-order valence-corrected chi connectivity index (χ1v) is 11.2. The average Bonchev–Trinajstić information content (AvgIpc) is 2.98. The second-order valence-corrected chi connectivity index (χ2v) is 10.1. The van der Waals surface area contributed by atoms with Gasteiger partial charge in [-0.15, -0.1) is 0 Å². The summed E-state index contributed by atoms with van der Waals surface area (Å²) in [5.41, 5.74) is -1.73. The van der Waals surface area contributed by atoms with E-state index in [1.165, 1.54) is 12.2 Å². The molecule has 3 saturated carbocycles.